The largest absolute Gasteiger partial charge is 0.492 e. The topological polar surface area (TPSA) is 52.8 Å². The van der Waals surface area contributed by atoms with Gasteiger partial charge in [0.25, 0.3) is 0 Å². The van der Waals surface area contributed by atoms with E-state index in [1.807, 2.05) is 18.3 Å². The Morgan fingerprint density at radius 1 is 0.857 bits per heavy atom. The Morgan fingerprint density at radius 3 is 2.61 bits per heavy atom. The van der Waals surface area contributed by atoms with Crippen LogP contribution >= 0.6 is 0 Å². The minimum absolute atomic E-state index is 0.605. The van der Waals surface area contributed by atoms with Crippen LogP contribution in [0.2, 0.25) is 0 Å². The third-order valence-electron chi connectivity index (χ3n) is 6.14. The third kappa shape index (κ3) is 3.40. The second-order valence-corrected chi connectivity index (χ2v) is 7.84. The summed E-state index contributed by atoms with van der Waals surface area (Å²) in [4.78, 5) is 6.66. The molecular formula is C24H27N3O. The highest BCUT2D eigenvalue weighted by atomic mass is 16.5. The molecule has 28 heavy (non-hydrogen) atoms. The lowest BCUT2D eigenvalue weighted by Crippen LogP contribution is -2.35. The first-order valence-electron chi connectivity index (χ1n) is 10.4. The minimum atomic E-state index is 0.605. The van der Waals surface area contributed by atoms with Gasteiger partial charge in [0.05, 0.1) is 0 Å². The van der Waals surface area contributed by atoms with Gasteiger partial charge >= 0.3 is 0 Å². The highest BCUT2D eigenvalue weighted by Gasteiger charge is 2.23. The van der Waals surface area contributed by atoms with E-state index in [-0.39, 0.29) is 0 Å². The van der Waals surface area contributed by atoms with Crippen molar-refractivity contribution in [1.82, 2.24) is 15.3 Å². The zero-order valence-corrected chi connectivity index (χ0v) is 16.1. The van der Waals surface area contributed by atoms with Gasteiger partial charge < -0.3 is 20.0 Å². The first-order chi connectivity index (χ1) is 13.9. The molecule has 0 amide bonds. The monoisotopic (exact) mass is 373 g/mol. The van der Waals surface area contributed by atoms with E-state index in [0.29, 0.717) is 18.6 Å². The summed E-state index contributed by atoms with van der Waals surface area (Å²) in [7, 11) is 0. The SMILES string of the molecule is c1cc(OCCNC2CCC(c3c[nH]c4ccccc34)CC2)c2cc[nH]c2c1. The van der Waals surface area contributed by atoms with Crippen LogP contribution in [-0.2, 0) is 0 Å². The van der Waals surface area contributed by atoms with E-state index in [2.05, 4.69) is 57.9 Å². The van der Waals surface area contributed by atoms with Gasteiger partial charge in [-0.15, -0.1) is 0 Å². The normalized spacial score (nSPS) is 20.0. The Morgan fingerprint density at radius 2 is 1.68 bits per heavy atom. The standard InChI is InChI=1S/C24H27N3O/c1-2-5-22-19(4-1)21(16-27-22)17-8-10-18(11-9-17)25-14-15-28-24-7-3-6-23-20(24)12-13-26-23/h1-7,12-13,16-18,25-27H,8-11,14-15H2. The Kier molecular flexibility index (Phi) is 4.79. The van der Waals surface area contributed by atoms with Crippen LogP contribution in [0.25, 0.3) is 21.8 Å². The lowest BCUT2D eigenvalue weighted by molar-refractivity contribution is 0.285. The molecule has 0 saturated heterocycles. The number of aromatic amines is 2. The lowest BCUT2D eigenvalue weighted by Gasteiger charge is -2.29. The van der Waals surface area contributed by atoms with Crippen molar-refractivity contribution in [3.05, 3.63) is 66.5 Å². The second-order valence-electron chi connectivity index (χ2n) is 7.84. The number of para-hydroxylation sites is 1. The van der Waals surface area contributed by atoms with Crippen molar-refractivity contribution in [2.24, 2.45) is 0 Å². The molecule has 5 rings (SSSR count). The molecule has 1 fully saturated rings. The Hall–Kier alpha value is -2.72. The van der Waals surface area contributed by atoms with E-state index in [0.717, 1.165) is 23.2 Å². The summed E-state index contributed by atoms with van der Waals surface area (Å²) < 4.78 is 6.01. The minimum Gasteiger partial charge on any atom is -0.492 e. The van der Waals surface area contributed by atoms with Crippen LogP contribution in [0.5, 0.6) is 5.75 Å². The molecule has 4 heteroatoms. The van der Waals surface area contributed by atoms with Gasteiger partial charge in [-0.2, -0.15) is 0 Å². The summed E-state index contributed by atoms with van der Waals surface area (Å²) in [6.45, 7) is 1.59. The van der Waals surface area contributed by atoms with E-state index in [1.165, 1.54) is 42.1 Å². The molecule has 0 bridgehead atoms. The van der Waals surface area contributed by atoms with E-state index < -0.39 is 0 Å². The van der Waals surface area contributed by atoms with Gasteiger partial charge in [0.2, 0.25) is 0 Å². The molecule has 0 spiro atoms. The van der Waals surface area contributed by atoms with Crippen LogP contribution in [-0.4, -0.2) is 29.2 Å². The number of H-pyrrole nitrogens is 2. The molecule has 2 heterocycles. The predicted molar refractivity (Wildman–Crippen MR) is 115 cm³/mol. The van der Waals surface area contributed by atoms with Gasteiger partial charge in [-0.1, -0.05) is 24.3 Å². The molecule has 0 unspecified atom stereocenters. The number of aromatic nitrogens is 2. The van der Waals surface area contributed by atoms with Gasteiger partial charge in [-0.25, -0.2) is 0 Å². The van der Waals surface area contributed by atoms with Gasteiger partial charge in [0.15, 0.2) is 0 Å². The molecule has 2 aromatic carbocycles. The van der Waals surface area contributed by atoms with E-state index >= 15 is 0 Å². The number of hydrogen-bond acceptors (Lipinski definition) is 2. The molecule has 4 nitrogen and oxygen atoms in total. The summed E-state index contributed by atoms with van der Waals surface area (Å²) >= 11 is 0. The van der Waals surface area contributed by atoms with Crippen LogP contribution in [0.3, 0.4) is 0 Å². The molecule has 1 aliphatic rings. The Balaban J connectivity index is 1.10. The van der Waals surface area contributed by atoms with Crippen molar-refractivity contribution >= 4 is 21.8 Å². The summed E-state index contributed by atoms with van der Waals surface area (Å²) in [6.07, 6.45) is 9.15. The maximum absolute atomic E-state index is 6.01. The second kappa shape index (κ2) is 7.72. The van der Waals surface area contributed by atoms with Crippen LogP contribution in [0.4, 0.5) is 0 Å². The first kappa shape index (κ1) is 17.4. The van der Waals surface area contributed by atoms with Crippen molar-refractivity contribution in [3.63, 3.8) is 0 Å². The maximum atomic E-state index is 6.01. The highest BCUT2D eigenvalue weighted by Crippen LogP contribution is 2.36. The predicted octanol–water partition coefficient (Wildman–Crippen LogP) is 5.34. The molecule has 2 aromatic heterocycles. The molecule has 1 aliphatic carbocycles. The van der Waals surface area contributed by atoms with Crippen molar-refractivity contribution in [1.29, 1.82) is 0 Å². The fraction of sp³-hybridized carbons (Fsp3) is 0.333. The lowest BCUT2D eigenvalue weighted by atomic mass is 9.81. The van der Waals surface area contributed by atoms with Crippen molar-refractivity contribution in [2.45, 2.75) is 37.6 Å². The average molecular weight is 374 g/mol. The number of hydrogen-bond donors (Lipinski definition) is 3. The number of ether oxygens (including phenoxy) is 1. The van der Waals surface area contributed by atoms with E-state index in [4.69, 9.17) is 4.74 Å². The fourth-order valence-corrected chi connectivity index (χ4v) is 4.65. The van der Waals surface area contributed by atoms with Crippen molar-refractivity contribution in [2.75, 3.05) is 13.2 Å². The van der Waals surface area contributed by atoms with Gasteiger partial charge in [0, 0.05) is 46.8 Å². The molecule has 4 aromatic rings. The average Bonchev–Trinajstić information content (AvgIpc) is 3.39. The molecule has 1 saturated carbocycles. The van der Waals surface area contributed by atoms with Crippen molar-refractivity contribution in [3.8, 4) is 5.75 Å². The maximum Gasteiger partial charge on any atom is 0.128 e. The van der Waals surface area contributed by atoms with Gasteiger partial charge in [-0.3, -0.25) is 0 Å². The Bertz CT molecular complexity index is 1060. The van der Waals surface area contributed by atoms with Crippen LogP contribution < -0.4 is 10.1 Å². The molecular weight excluding hydrogens is 346 g/mol. The van der Waals surface area contributed by atoms with Gasteiger partial charge in [0.1, 0.15) is 12.4 Å². The molecule has 0 atom stereocenters. The zero-order valence-electron chi connectivity index (χ0n) is 16.1. The number of rotatable bonds is 6. The molecule has 3 N–H and O–H groups in total. The van der Waals surface area contributed by atoms with Crippen molar-refractivity contribution < 1.29 is 4.74 Å². The quantitative estimate of drug-likeness (QED) is 0.399. The van der Waals surface area contributed by atoms with E-state index in [1.54, 1.807) is 0 Å². The van der Waals surface area contributed by atoms with Crippen LogP contribution in [0.15, 0.2) is 60.9 Å². The fourth-order valence-electron chi connectivity index (χ4n) is 4.65. The Labute approximate surface area is 165 Å². The number of nitrogens with one attached hydrogen (secondary N) is 3. The molecule has 0 radical (unpaired) electrons. The third-order valence-corrected chi connectivity index (χ3v) is 6.14. The summed E-state index contributed by atoms with van der Waals surface area (Å²) in [6, 6.07) is 17.5. The summed E-state index contributed by atoms with van der Waals surface area (Å²) in [5, 5.41) is 6.25. The summed E-state index contributed by atoms with van der Waals surface area (Å²) in [5.41, 5.74) is 3.88. The molecule has 144 valence electrons. The summed E-state index contributed by atoms with van der Waals surface area (Å²) in [5.74, 6) is 1.64. The van der Waals surface area contributed by atoms with Crippen LogP contribution in [0, 0.1) is 0 Å². The molecule has 0 aliphatic heterocycles. The zero-order chi connectivity index (χ0) is 18.8. The highest BCUT2D eigenvalue weighted by molar-refractivity contribution is 5.85. The smallest absolute Gasteiger partial charge is 0.128 e. The van der Waals surface area contributed by atoms with Crippen LogP contribution in [0.1, 0.15) is 37.2 Å². The van der Waals surface area contributed by atoms with E-state index in [9.17, 15) is 0 Å². The van der Waals surface area contributed by atoms with Gasteiger partial charge in [-0.05, 0) is 61.4 Å². The first-order valence-corrected chi connectivity index (χ1v) is 10.4. The number of fused-ring (bicyclic) bond motifs is 2. The number of benzene rings is 2.